The second-order valence-electron chi connectivity index (χ2n) is 8.47. The van der Waals surface area contributed by atoms with Crippen molar-refractivity contribution < 1.29 is 14.4 Å². The molecule has 2 aliphatic heterocycles. The summed E-state index contributed by atoms with van der Waals surface area (Å²) >= 11 is 0. The van der Waals surface area contributed by atoms with Crippen molar-refractivity contribution in [3.05, 3.63) is 65.5 Å². The largest absolute Gasteiger partial charge is 0.379 e. The molecule has 2 aliphatic rings. The smallest absolute Gasteiger partial charge is 0.255 e. The van der Waals surface area contributed by atoms with Crippen molar-refractivity contribution in [1.82, 2.24) is 29.5 Å². The first-order valence-corrected chi connectivity index (χ1v) is 11.0. The number of anilines is 1. The highest BCUT2D eigenvalue weighted by Crippen LogP contribution is 2.32. The van der Waals surface area contributed by atoms with Crippen molar-refractivity contribution in [3.63, 3.8) is 0 Å². The zero-order chi connectivity index (χ0) is 22.9. The van der Waals surface area contributed by atoms with Gasteiger partial charge in [-0.15, -0.1) is 0 Å². The Morgan fingerprint density at radius 2 is 2.06 bits per heavy atom. The van der Waals surface area contributed by atoms with Gasteiger partial charge in [-0.05, 0) is 31.0 Å². The van der Waals surface area contributed by atoms with Crippen LogP contribution in [0.3, 0.4) is 0 Å². The summed E-state index contributed by atoms with van der Waals surface area (Å²) in [6.07, 6.45) is 8.24. The van der Waals surface area contributed by atoms with Gasteiger partial charge in [0.25, 0.3) is 5.91 Å². The molecule has 10 heteroatoms. The van der Waals surface area contributed by atoms with Crippen molar-refractivity contribution in [2.45, 2.75) is 52.0 Å². The Bertz CT molecular complexity index is 1230. The lowest BCUT2D eigenvalue weighted by molar-refractivity contribution is -0.136. The highest BCUT2D eigenvalue weighted by molar-refractivity contribution is 6.06. The zero-order valence-corrected chi connectivity index (χ0v) is 18.3. The fourth-order valence-corrected chi connectivity index (χ4v) is 4.36. The van der Waals surface area contributed by atoms with E-state index in [1.807, 2.05) is 46.9 Å². The molecule has 170 valence electrons. The summed E-state index contributed by atoms with van der Waals surface area (Å²) in [5.41, 5.74) is 4.31. The topological polar surface area (TPSA) is 114 Å². The quantitative estimate of drug-likeness (QED) is 0.530. The second kappa shape index (κ2) is 8.53. The SMILES string of the molecule is Cc1cnn(CCn2cnc(CNc3cccc4c3CN(C3CCC(=O)NC3=O)C4=O)c2)c1. The molecule has 3 aromatic rings. The maximum absolute atomic E-state index is 13.0. The Morgan fingerprint density at radius 3 is 2.85 bits per heavy atom. The van der Waals surface area contributed by atoms with E-state index in [9.17, 15) is 14.4 Å². The van der Waals surface area contributed by atoms with Crippen LogP contribution in [-0.4, -0.2) is 48.0 Å². The lowest BCUT2D eigenvalue weighted by Gasteiger charge is -2.29. The highest BCUT2D eigenvalue weighted by Gasteiger charge is 2.39. The summed E-state index contributed by atoms with van der Waals surface area (Å²) in [4.78, 5) is 42.7. The third-order valence-corrected chi connectivity index (χ3v) is 6.08. The fraction of sp³-hybridized carbons (Fsp3) is 0.348. The standard InChI is InChI=1S/C23H25N7O3/c1-15-9-26-29(11-15)8-7-28-12-16(25-14-28)10-24-19-4-2-3-17-18(19)13-30(23(17)33)20-5-6-21(31)27-22(20)32/h2-4,9,11-12,14,20,24H,5-8,10,13H2,1H3,(H,27,31,32). The van der Waals surface area contributed by atoms with E-state index in [-0.39, 0.29) is 18.2 Å². The Hall–Kier alpha value is -3.95. The molecule has 1 saturated heterocycles. The number of imide groups is 1. The van der Waals surface area contributed by atoms with E-state index in [2.05, 4.69) is 20.7 Å². The number of nitrogens with zero attached hydrogens (tertiary/aromatic N) is 5. The van der Waals surface area contributed by atoms with Crippen molar-refractivity contribution in [2.24, 2.45) is 0 Å². The van der Waals surface area contributed by atoms with Crippen LogP contribution < -0.4 is 10.6 Å². The van der Waals surface area contributed by atoms with E-state index in [0.717, 1.165) is 35.6 Å². The molecule has 2 aromatic heterocycles. The van der Waals surface area contributed by atoms with Crippen LogP contribution in [-0.2, 0) is 35.8 Å². The average molecular weight is 447 g/mol. The zero-order valence-electron chi connectivity index (χ0n) is 18.3. The molecule has 4 heterocycles. The van der Waals surface area contributed by atoms with Crippen LogP contribution in [0, 0.1) is 6.92 Å². The first kappa shape index (κ1) is 20.9. The van der Waals surface area contributed by atoms with E-state index in [1.54, 1.807) is 17.3 Å². The number of imidazole rings is 1. The minimum Gasteiger partial charge on any atom is -0.379 e. The molecule has 0 bridgehead atoms. The van der Waals surface area contributed by atoms with Crippen molar-refractivity contribution in [2.75, 3.05) is 5.32 Å². The molecule has 1 atom stereocenters. The Labute approximate surface area is 190 Å². The summed E-state index contributed by atoms with van der Waals surface area (Å²) in [7, 11) is 0. The number of hydrogen-bond acceptors (Lipinski definition) is 6. The number of piperidine rings is 1. The number of rotatable bonds is 7. The van der Waals surface area contributed by atoms with Crippen molar-refractivity contribution in [3.8, 4) is 0 Å². The molecule has 0 spiro atoms. The lowest BCUT2D eigenvalue weighted by Crippen LogP contribution is -2.52. The van der Waals surface area contributed by atoms with E-state index >= 15 is 0 Å². The van der Waals surface area contributed by atoms with Gasteiger partial charge in [-0.3, -0.25) is 24.4 Å². The normalized spacial score (nSPS) is 17.9. The molecular formula is C23H25N7O3. The molecule has 1 fully saturated rings. The van der Waals surface area contributed by atoms with Gasteiger partial charge in [0.1, 0.15) is 6.04 Å². The van der Waals surface area contributed by atoms with E-state index < -0.39 is 11.9 Å². The number of aryl methyl sites for hydroxylation is 3. The fourth-order valence-electron chi connectivity index (χ4n) is 4.36. The Balaban J connectivity index is 1.23. The van der Waals surface area contributed by atoms with Gasteiger partial charge in [0.05, 0.1) is 31.3 Å². The molecule has 10 nitrogen and oxygen atoms in total. The molecule has 33 heavy (non-hydrogen) atoms. The molecule has 5 rings (SSSR count). The first-order chi connectivity index (χ1) is 16.0. The number of nitrogens with one attached hydrogen (secondary N) is 2. The number of carbonyl (C=O) groups is 3. The maximum atomic E-state index is 13.0. The number of fused-ring (bicyclic) bond motifs is 1. The second-order valence-corrected chi connectivity index (χ2v) is 8.47. The monoisotopic (exact) mass is 447 g/mol. The van der Waals surface area contributed by atoms with Crippen LogP contribution in [0.5, 0.6) is 0 Å². The Kier molecular flexibility index (Phi) is 5.41. The molecule has 0 radical (unpaired) electrons. The molecule has 0 aliphatic carbocycles. The van der Waals surface area contributed by atoms with Crippen LogP contribution in [0.4, 0.5) is 5.69 Å². The van der Waals surface area contributed by atoms with Gasteiger partial charge in [-0.1, -0.05) is 6.07 Å². The molecule has 2 N–H and O–H groups in total. The third kappa shape index (κ3) is 4.23. The van der Waals surface area contributed by atoms with Crippen molar-refractivity contribution >= 4 is 23.4 Å². The van der Waals surface area contributed by atoms with E-state index in [1.165, 1.54) is 0 Å². The van der Waals surface area contributed by atoms with Crippen LogP contribution in [0.15, 0.2) is 43.1 Å². The summed E-state index contributed by atoms with van der Waals surface area (Å²) in [5, 5.41) is 10.0. The lowest BCUT2D eigenvalue weighted by atomic mass is 10.0. The number of carbonyl (C=O) groups excluding carboxylic acids is 3. The minimum absolute atomic E-state index is 0.179. The van der Waals surface area contributed by atoms with E-state index in [4.69, 9.17) is 0 Å². The minimum atomic E-state index is -0.621. The van der Waals surface area contributed by atoms with Gasteiger partial charge in [-0.25, -0.2) is 4.98 Å². The predicted octanol–water partition coefficient (Wildman–Crippen LogP) is 1.46. The third-order valence-electron chi connectivity index (χ3n) is 6.08. The number of aromatic nitrogens is 4. The highest BCUT2D eigenvalue weighted by atomic mass is 16.2. The summed E-state index contributed by atoms with van der Waals surface area (Å²) in [6, 6.07) is 4.92. The summed E-state index contributed by atoms with van der Waals surface area (Å²) in [6.45, 7) is 4.40. The van der Waals surface area contributed by atoms with Crippen LogP contribution >= 0.6 is 0 Å². The number of amides is 3. The summed E-state index contributed by atoms with van der Waals surface area (Å²) in [5.74, 6) is -0.874. The summed E-state index contributed by atoms with van der Waals surface area (Å²) < 4.78 is 3.93. The molecular weight excluding hydrogens is 422 g/mol. The van der Waals surface area contributed by atoms with Gasteiger partial charge in [0, 0.05) is 48.7 Å². The molecule has 1 unspecified atom stereocenters. The van der Waals surface area contributed by atoms with Crippen LogP contribution in [0.25, 0.3) is 0 Å². The first-order valence-electron chi connectivity index (χ1n) is 11.0. The van der Waals surface area contributed by atoms with Gasteiger partial charge in [-0.2, -0.15) is 5.10 Å². The molecule has 1 aromatic carbocycles. The van der Waals surface area contributed by atoms with E-state index in [0.29, 0.717) is 25.1 Å². The molecule has 3 amide bonds. The van der Waals surface area contributed by atoms with Gasteiger partial charge in [0.15, 0.2) is 0 Å². The van der Waals surface area contributed by atoms with Gasteiger partial charge in [0.2, 0.25) is 11.8 Å². The van der Waals surface area contributed by atoms with Gasteiger partial charge >= 0.3 is 0 Å². The number of hydrogen-bond donors (Lipinski definition) is 2. The Morgan fingerprint density at radius 1 is 1.18 bits per heavy atom. The molecule has 0 saturated carbocycles. The van der Waals surface area contributed by atoms with Crippen molar-refractivity contribution in [1.29, 1.82) is 0 Å². The van der Waals surface area contributed by atoms with Crippen LogP contribution in [0.2, 0.25) is 0 Å². The maximum Gasteiger partial charge on any atom is 0.255 e. The predicted molar refractivity (Wildman–Crippen MR) is 119 cm³/mol. The number of benzene rings is 1. The van der Waals surface area contributed by atoms with Gasteiger partial charge < -0.3 is 14.8 Å². The van der Waals surface area contributed by atoms with Crippen LogP contribution in [0.1, 0.15) is 40.0 Å². The average Bonchev–Trinajstić information content (AvgIpc) is 3.51.